The van der Waals surface area contributed by atoms with Gasteiger partial charge in [-0.1, -0.05) is 12.1 Å². The van der Waals surface area contributed by atoms with Crippen LogP contribution < -0.4 is 21.2 Å². The lowest BCUT2D eigenvalue weighted by atomic mass is 9.93. The molecular weight excluding hydrogens is 510 g/mol. The topological polar surface area (TPSA) is 121 Å². The molecule has 0 unspecified atom stereocenters. The first-order chi connectivity index (χ1) is 18.8. The standard InChI is InChI=1S/C31H41N3O6/c1-7-34(8-2)23-12-11-22-17-25(28(37)40-26(22)18-23)27(36)33-19-31(5,6)39-20-30(3,4)29(38)32-16-15-21-9-13-24(35)14-10-21/h9-14,17-18,35H,7-8,15-16,19-20H2,1-6H3,(H,32,38)(H,33,36). The van der Waals surface area contributed by atoms with E-state index in [9.17, 15) is 19.5 Å². The van der Waals surface area contributed by atoms with Gasteiger partial charge < -0.3 is 29.8 Å². The molecule has 0 aliphatic carbocycles. The fourth-order valence-corrected chi connectivity index (χ4v) is 4.15. The molecule has 2 aromatic carbocycles. The number of hydrogen-bond donors (Lipinski definition) is 3. The highest BCUT2D eigenvalue weighted by Crippen LogP contribution is 2.23. The third-order valence-corrected chi connectivity index (χ3v) is 6.84. The summed E-state index contributed by atoms with van der Waals surface area (Å²) < 4.78 is 11.5. The van der Waals surface area contributed by atoms with E-state index in [1.165, 1.54) is 0 Å². The van der Waals surface area contributed by atoms with Crippen LogP contribution in [-0.2, 0) is 16.0 Å². The van der Waals surface area contributed by atoms with Crippen LogP contribution in [0, 0.1) is 5.41 Å². The van der Waals surface area contributed by atoms with E-state index < -0.39 is 22.5 Å². The van der Waals surface area contributed by atoms with E-state index in [2.05, 4.69) is 29.4 Å². The van der Waals surface area contributed by atoms with Gasteiger partial charge in [0.1, 0.15) is 16.9 Å². The zero-order chi connectivity index (χ0) is 29.5. The minimum absolute atomic E-state index is 0.0766. The maximum Gasteiger partial charge on any atom is 0.349 e. The Hall–Kier alpha value is -3.85. The Labute approximate surface area is 235 Å². The number of aromatic hydroxyl groups is 1. The van der Waals surface area contributed by atoms with Gasteiger partial charge in [-0.15, -0.1) is 0 Å². The van der Waals surface area contributed by atoms with Gasteiger partial charge in [0.2, 0.25) is 5.91 Å². The molecule has 0 fully saturated rings. The van der Waals surface area contributed by atoms with Crippen molar-refractivity contribution in [1.82, 2.24) is 10.6 Å². The molecule has 216 valence electrons. The minimum Gasteiger partial charge on any atom is -0.508 e. The first kappa shape index (κ1) is 30.7. The molecule has 0 saturated carbocycles. The smallest absolute Gasteiger partial charge is 0.349 e. The number of nitrogens with zero attached hydrogens (tertiary/aromatic N) is 1. The molecule has 3 N–H and O–H groups in total. The number of fused-ring (bicyclic) bond motifs is 1. The number of hydrogen-bond acceptors (Lipinski definition) is 7. The molecule has 40 heavy (non-hydrogen) atoms. The number of benzene rings is 2. The number of carbonyl (C=O) groups is 2. The molecule has 3 rings (SSSR count). The first-order valence-electron chi connectivity index (χ1n) is 13.7. The van der Waals surface area contributed by atoms with Crippen molar-refractivity contribution in [2.24, 2.45) is 5.41 Å². The van der Waals surface area contributed by atoms with Crippen LogP contribution in [-0.4, -0.2) is 55.3 Å². The average Bonchev–Trinajstić information content (AvgIpc) is 2.92. The van der Waals surface area contributed by atoms with Crippen LogP contribution in [0.25, 0.3) is 11.0 Å². The highest BCUT2D eigenvalue weighted by atomic mass is 16.5. The fraction of sp³-hybridized carbons (Fsp3) is 0.452. The van der Waals surface area contributed by atoms with Gasteiger partial charge in [0.25, 0.3) is 5.91 Å². The second kappa shape index (κ2) is 13.0. The Morgan fingerprint density at radius 3 is 2.30 bits per heavy atom. The Morgan fingerprint density at radius 2 is 1.65 bits per heavy atom. The molecule has 0 bridgehead atoms. The van der Waals surface area contributed by atoms with Crippen molar-refractivity contribution in [3.8, 4) is 5.75 Å². The molecule has 0 saturated heterocycles. The monoisotopic (exact) mass is 551 g/mol. The second-order valence-electron chi connectivity index (χ2n) is 11.1. The van der Waals surface area contributed by atoms with Crippen molar-refractivity contribution in [1.29, 1.82) is 0 Å². The van der Waals surface area contributed by atoms with Gasteiger partial charge in [0.15, 0.2) is 0 Å². The number of ether oxygens (including phenoxy) is 1. The van der Waals surface area contributed by atoms with E-state index in [4.69, 9.17) is 9.15 Å². The lowest BCUT2D eigenvalue weighted by Crippen LogP contribution is -2.46. The summed E-state index contributed by atoms with van der Waals surface area (Å²) in [4.78, 5) is 40.4. The zero-order valence-corrected chi connectivity index (χ0v) is 24.3. The summed E-state index contributed by atoms with van der Waals surface area (Å²) in [5, 5.41) is 15.7. The van der Waals surface area contributed by atoms with Crippen LogP contribution >= 0.6 is 0 Å². The fourth-order valence-electron chi connectivity index (χ4n) is 4.15. The van der Waals surface area contributed by atoms with Crippen LogP contribution in [0.3, 0.4) is 0 Å². The van der Waals surface area contributed by atoms with Crippen molar-refractivity contribution in [3.05, 3.63) is 70.1 Å². The summed E-state index contributed by atoms with van der Waals surface area (Å²) in [6, 6.07) is 14.0. The van der Waals surface area contributed by atoms with Gasteiger partial charge in [0.05, 0.1) is 17.6 Å². The molecular formula is C31H41N3O6. The van der Waals surface area contributed by atoms with Gasteiger partial charge in [0, 0.05) is 43.3 Å². The molecule has 3 aromatic rings. The van der Waals surface area contributed by atoms with Crippen molar-refractivity contribution in [3.63, 3.8) is 0 Å². The molecule has 0 spiro atoms. The van der Waals surface area contributed by atoms with Gasteiger partial charge in [-0.25, -0.2) is 4.79 Å². The number of carbonyl (C=O) groups excluding carboxylic acids is 2. The number of nitrogens with one attached hydrogen (secondary N) is 2. The Kier molecular flexibility index (Phi) is 9.98. The number of phenols is 1. The summed E-state index contributed by atoms with van der Waals surface area (Å²) in [6.45, 7) is 13.7. The summed E-state index contributed by atoms with van der Waals surface area (Å²) in [7, 11) is 0. The summed E-state index contributed by atoms with van der Waals surface area (Å²) in [5.74, 6) is -0.495. The highest BCUT2D eigenvalue weighted by molar-refractivity contribution is 5.97. The molecule has 1 heterocycles. The maximum absolute atomic E-state index is 12.9. The van der Waals surface area contributed by atoms with Crippen molar-refractivity contribution in [2.75, 3.05) is 37.7 Å². The Morgan fingerprint density at radius 1 is 0.975 bits per heavy atom. The van der Waals surface area contributed by atoms with Crippen LogP contribution in [0.15, 0.2) is 57.7 Å². The number of anilines is 1. The van der Waals surface area contributed by atoms with Gasteiger partial charge in [-0.3, -0.25) is 9.59 Å². The van der Waals surface area contributed by atoms with E-state index in [-0.39, 0.29) is 30.4 Å². The zero-order valence-electron chi connectivity index (χ0n) is 24.3. The molecule has 9 nitrogen and oxygen atoms in total. The Bertz CT molecular complexity index is 1370. The third-order valence-electron chi connectivity index (χ3n) is 6.84. The van der Waals surface area contributed by atoms with E-state index in [1.54, 1.807) is 32.0 Å². The molecule has 0 aliphatic rings. The second-order valence-corrected chi connectivity index (χ2v) is 11.1. The van der Waals surface area contributed by atoms with Crippen LogP contribution in [0.4, 0.5) is 5.69 Å². The van der Waals surface area contributed by atoms with E-state index in [1.807, 2.05) is 44.2 Å². The summed E-state index contributed by atoms with van der Waals surface area (Å²) in [6.07, 6.45) is 0.639. The third kappa shape index (κ3) is 8.08. The normalized spacial score (nSPS) is 11.8. The van der Waals surface area contributed by atoms with Gasteiger partial charge in [-0.05, 0) is 83.9 Å². The number of amides is 2. The van der Waals surface area contributed by atoms with Crippen LogP contribution in [0.2, 0.25) is 0 Å². The summed E-state index contributed by atoms with van der Waals surface area (Å²) in [5.41, 5.74) is 0.00435. The summed E-state index contributed by atoms with van der Waals surface area (Å²) >= 11 is 0. The largest absolute Gasteiger partial charge is 0.508 e. The van der Waals surface area contributed by atoms with Gasteiger partial charge in [-0.2, -0.15) is 0 Å². The first-order valence-corrected chi connectivity index (χ1v) is 13.7. The predicted octanol–water partition coefficient (Wildman–Crippen LogP) is 4.25. The molecule has 2 amide bonds. The molecule has 0 atom stereocenters. The Balaban J connectivity index is 1.54. The molecule has 0 aliphatic heterocycles. The van der Waals surface area contributed by atoms with E-state index in [0.717, 1.165) is 24.3 Å². The van der Waals surface area contributed by atoms with E-state index in [0.29, 0.717) is 23.9 Å². The molecule has 0 radical (unpaired) electrons. The van der Waals surface area contributed by atoms with Crippen molar-refractivity contribution >= 4 is 28.5 Å². The molecule has 9 heteroatoms. The number of phenolic OH excluding ortho intramolecular Hbond substituents is 1. The van der Waals surface area contributed by atoms with Crippen LogP contribution in [0.5, 0.6) is 5.75 Å². The average molecular weight is 552 g/mol. The lowest BCUT2D eigenvalue weighted by Gasteiger charge is -2.31. The van der Waals surface area contributed by atoms with Gasteiger partial charge >= 0.3 is 5.63 Å². The quantitative estimate of drug-likeness (QED) is 0.272. The maximum atomic E-state index is 12.9. The number of rotatable bonds is 13. The highest BCUT2D eigenvalue weighted by Gasteiger charge is 2.31. The van der Waals surface area contributed by atoms with Crippen molar-refractivity contribution in [2.45, 2.75) is 53.6 Å². The lowest BCUT2D eigenvalue weighted by molar-refractivity contribution is -0.136. The van der Waals surface area contributed by atoms with Crippen LogP contribution in [0.1, 0.15) is 57.5 Å². The predicted molar refractivity (Wildman–Crippen MR) is 157 cm³/mol. The van der Waals surface area contributed by atoms with Crippen molar-refractivity contribution < 1.29 is 23.8 Å². The molecule has 1 aromatic heterocycles. The minimum atomic E-state index is -0.806. The SMILES string of the molecule is CCN(CC)c1ccc2cc(C(=O)NCC(C)(C)OCC(C)(C)C(=O)NCCc3ccc(O)cc3)c(=O)oc2c1. The van der Waals surface area contributed by atoms with E-state index >= 15 is 0 Å².